The van der Waals surface area contributed by atoms with Crippen LogP contribution in [0.1, 0.15) is 16.5 Å². The minimum atomic E-state index is -0.141. The van der Waals surface area contributed by atoms with E-state index in [1.165, 1.54) is 0 Å². The zero-order valence-corrected chi connectivity index (χ0v) is 10.1. The van der Waals surface area contributed by atoms with Crippen molar-refractivity contribution in [2.75, 3.05) is 5.73 Å². The summed E-state index contributed by atoms with van der Waals surface area (Å²) >= 11 is 5.06. The molecule has 0 spiro atoms. The quantitative estimate of drug-likeness (QED) is 0.507. The van der Waals surface area contributed by atoms with Crippen LogP contribution in [0.4, 0.5) is 5.82 Å². The summed E-state index contributed by atoms with van der Waals surface area (Å²) in [4.78, 5) is 1.07. The average Bonchev–Trinajstić information content (AvgIpc) is 2.80. The molecule has 0 fully saturated rings. The van der Waals surface area contributed by atoms with Crippen molar-refractivity contribution in [1.29, 1.82) is 0 Å². The number of thiophene rings is 1. The topological polar surface area (TPSA) is 92.7 Å². The molecule has 80 valence electrons. The van der Waals surface area contributed by atoms with Crippen LogP contribution in [-0.2, 0) is 0 Å². The van der Waals surface area contributed by atoms with Crippen LogP contribution in [-0.4, -0.2) is 10.2 Å². The van der Waals surface area contributed by atoms with E-state index < -0.39 is 0 Å². The molecular weight excluding hydrogens is 278 g/mol. The van der Waals surface area contributed by atoms with Gasteiger partial charge in [-0.15, -0.1) is 11.3 Å². The van der Waals surface area contributed by atoms with Crippen molar-refractivity contribution in [2.24, 2.45) is 5.84 Å². The van der Waals surface area contributed by atoms with Gasteiger partial charge in [0.1, 0.15) is 5.82 Å². The normalized spacial score (nSPS) is 12.9. The van der Waals surface area contributed by atoms with Gasteiger partial charge in [0.2, 0.25) is 0 Å². The second-order valence-electron chi connectivity index (χ2n) is 2.97. The number of aromatic amines is 1. The average molecular weight is 288 g/mol. The number of rotatable bonds is 3. The Hall–Kier alpha value is -0.890. The van der Waals surface area contributed by atoms with Crippen LogP contribution in [0, 0.1) is 0 Å². The molecule has 0 aliphatic rings. The van der Waals surface area contributed by atoms with Gasteiger partial charge in [-0.1, -0.05) is 0 Å². The molecule has 6 N–H and O–H groups in total. The Kier molecular flexibility index (Phi) is 3.06. The van der Waals surface area contributed by atoms with Crippen LogP contribution in [0.25, 0.3) is 0 Å². The molecule has 1 atom stereocenters. The smallest absolute Gasteiger partial charge is 0.124 e. The summed E-state index contributed by atoms with van der Waals surface area (Å²) < 4.78 is 1.01. The van der Waals surface area contributed by atoms with Crippen molar-refractivity contribution >= 4 is 33.1 Å². The standard InChI is InChI=1S/C8H10BrN5S/c9-5-1-2-15-7(5)6(13-11)4-3-12-14-8(4)10/h1-3,6,13H,11H2,(H3,10,12,14). The number of hydrazine groups is 1. The highest BCUT2D eigenvalue weighted by molar-refractivity contribution is 9.10. The maximum Gasteiger partial charge on any atom is 0.124 e. The summed E-state index contributed by atoms with van der Waals surface area (Å²) in [5.74, 6) is 6.06. The van der Waals surface area contributed by atoms with E-state index in [0.29, 0.717) is 5.82 Å². The van der Waals surface area contributed by atoms with Gasteiger partial charge in [0.15, 0.2) is 0 Å². The largest absolute Gasteiger partial charge is 0.384 e. The summed E-state index contributed by atoms with van der Waals surface area (Å²) in [5, 5.41) is 8.55. The van der Waals surface area contributed by atoms with Gasteiger partial charge >= 0.3 is 0 Å². The second kappa shape index (κ2) is 4.31. The third-order valence-corrected chi connectivity index (χ3v) is 4.02. The lowest BCUT2D eigenvalue weighted by Crippen LogP contribution is -2.28. The number of nitrogens with two attached hydrogens (primary N) is 2. The molecule has 7 heteroatoms. The lowest BCUT2D eigenvalue weighted by atomic mass is 10.1. The van der Waals surface area contributed by atoms with Gasteiger partial charge in [-0.2, -0.15) is 5.10 Å². The monoisotopic (exact) mass is 287 g/mol. The van der Waals surface area contributed by atoms with Gasteiger partial charge in [-0.3, -0.25) is 10.9 Å². The van der Waals surface area contributed by atoms with E-state index in [4.69, 9.17) is 11.6 Å². The Morgan fingerprint density at radius 1 is 1.60 bits per heavy atom. The molecule has 5 nitrogen and oxygen atoms in total. The number of hydrogen-bond donors (Lipinski definition) is 4. The van der Waals surface area contributed by atoms with Gasteiger partial charge in [-0.05, 0) is 27.4 Å². The molecule has 2 aromatic heterocycles. The Bertz CT molecular complexity index is 411. The van der Waals surface area contributed by atoms with Crippen LogP contribution in [0.2, 0.25) is 0 Å². The molecule has 0 saturated heterocycles. The number of hydrogen-bond acceptors (Lipinski definition) is 5. The van der Waals surface area contributed by atoms with Crippen molar-refractivity contribution in [3.05, 3.63) is 32.6 Å². The molecular formula is C8H10BrN5S. The molecule has 0 amide bonds. The summed E-state index contributed by atoms with van der Waals surface area (Å²) in [7, 11) is 0. The lowest BCUT2D eigenvalue weighted by Gasteiger charge is -2.13. The van der Waals surface area contributed by atoms with E-state index in [9.17, 15) is 0 Å². The van der Waals surface area contributed by atoms with Crippen LogP contribution in [0.15, 0.2) is 22.1 Å². The minimum Gasteiger partial charge on any atom is -0.384 e. The molecule has 0 radical (unpaired) electrons. The number of nitrogen functional groups attached to an aromatic ring is 1. The molecule has 1 unspecified atom stereocenters. The Labute approximate surface area is 99.0 Å². The first-order chi connectivity index (χ1) is 7.24. The van der Waals surface area contributed by atoms with Crippen molar-refractivity contribution in [3.63, 3.8) is 0 Å². The van der Waals surface area contributed by atoms with Crippen molar-refractivity contribution in [1.82, 2.24) is 15.6 Å². The number of aromatic nitrogens is 2. The van der Waals surface area contributed by atoms with Gasteiger partial charge < -0.3 is 5.73 Å². The van der Waals surface area contributed by atoms with E-state index in [2.05, 4.69) is 31.6 Å². The van der Waals surface area contributed by atoms with Gasteiger partial charge in [0, 0.05) is 14.9 Å². The second-order valence-corrected chi connectivity index (χ2v) is 4.77. The number of H-pyrrole nitrogens is 1. The Morgan fingerprint density at radius 3 is 2.87 bits per heavy atom. The first-order valence-electron chi connectivity index (χ1n) is 4.21. The molecule has 2 rings (SSSR count). The predicted molar refractivity (Wildman–Crippen MR) is 64.2 cm³/mol. The van der Waals surface area contributed by atoms with Gasteiger partial charge in [0.25, 0.3) is 0 Å². The van der Waals surface area contributed by atoms with E-state index in [1.807, 2.05) is 11.4 Å². The van der Waals surface area contributed by atoms with Crippen molar-refractivity contribution in [2.45, 2.75) is 6.04 Å². The zero-order valence-electron chi connectivity index (χ0n) is 7.70. The molecule has 0 saturated carbocycles. The summed E-state index contributed by atoms with van der Waals surface area (Å²) in [6.45, 7) is 0. The fourth-order valence-corrected chi connectivity index (χ4v) is 3.03. The van der Waals surface area contributed by atoms with Gasteiger partial charge in [0.05, 0.1) is 12.2 Å². The SMILES string of the molecule is NNC(c1cn[nH]c1N)c1sccc1Br. The number of nitrogens with zero attached hydrogens (tertiary/aromatic N) is 1. The molecule has 2 aromatic rings. The molecule has 0 aliphatic carbocycles. The van der Waals surface area contributed by atoms with Crippen LogP contribution < -0.4 is 17.0 Å². The summed E-state index contributed by atoms with van der Waals surface area (Å²) in [5.41, 5.74) is 9.33. The van der Waals surface area contributed by atoms with E-state index in [1.54, 1.807) is 17.5 Å². The molecule has 15 heavy (non-hydrogen) atoms. The van der Waals surface area contributed by atoms with Crippen LogP contribution in [0.3, 0.4) is 0 Å². The maximum atomic E-state index is 5.75. The molecule has 2 heterocycles. The highest BCUT2D eigenvalue weighted by Crippen LogP contribution is 2.33. The Morgan fingerprint density at radius 2 is 2.40 bits per heavy atom. The van der Waals surface area contributed by atoms with E-state index >= 15 is 0 Å². The lowest BCUT2D eigenvalue weighted by molar-refractivity contribution is 0.646. The van der Waals surface area contributed by atoms with Crippen molar-refractivity contribution in [3.8, 4) is 0 Å². The highest BCUT2D eigenvalue weighted by atomic mass is 79.9. The number of nitrogens with one attached hydrogen (secondary N) is 2. The molecule has 0 bridgehead atoms. The fourth-order valence-electron chi connectivity index (χ4n) is 1.35. The van der Waals surface area contributed by atoms with Crippen LogP contribution in [0.5, 0.6) is 0 Å². The number of anilines is 1. The van der Waals surface area contributed by atoms with E-state index in [-0.39, 0.29) is 6.04 Å². The first kappa shape index (κ1) is 10.6. The Balaban J connectivity index is 2.41. The highest BCUT2D eigenvalue weighted by Gasteiger charge is 2.20. The fraction of sp³-hybridized carbons (Fsp3) is 0.125. The molecule has 0 aliphatic heterocycles. The maximum absolute atomic E-state index is 5.75. The summed E-state index contributed by atoms with van der Waals surface area (Å²) in [6.07, 6.45) is 1.67. The molecule has 0 aromatic carbocycles. The van der Waals surface area contributed by atoms with Gasteiger partial charge in [-0.25, -0.2) is 5.43 Å². The predicted octanol–water partition coefficient (Wildman–Crippen LogP) is 1.37. The minimum absolute atomic E-state index is 0.141. The zero-order chi connectivity index (χ0) is 10.8. The van der Waals surface area contributed by atoms with E-state index in [0.717, 1.165) is 14.9 Å². The van der Waals surface area contributed by atoms with Crippen LogP contribution >= 0.6 is 27.3 Å². The first-order valence-corrected chi connectivity index (χ1v) is 5.89. The third kappa shape index (κ3) is 1.91. The van der Waals surface area contributed by atoms with Crippen molar-refractivity contribution < 1.29 is 0 Å². The third-order valence-electron chi connectivity index (χ3n) is 2.08. The number of halogens is 1. The summed E-state index contributed by atoms with van der Waals surface area (Å²) in [6, 6.07) is 1.83.